The summed E-state index contributed by atoms with van der Waals surface area (Å²) < 4.78 is 0.671. The fourth-order valence-corrected chi connectivity index (χ4v) is 1.93. The lowest BCUT2D eigenvalue weighted by atomic mass is 10.2. The van der Waals surface area contributed by atoms with Gasteiger partial charge in [-0.3, -0.25) is 9.59 Å². The molecule has 0 aromatic carbocycles. The van der Waals surface area contributed by atoms with Gasteiger partial charge in [0.1, 0.15) is 5.56 Å². The van der Waals surface area contributed by atoms with E-state index in [9.17, 15) is 9.59 Å². The number of anilines is 1. The minimum atomic E-state index is -0.539. The molecule has 5 nitrogen and oxygen atoms in total. The van der Waals surface area contributed by atoms with E-state index < -0.39 is 5.91 Å². The number of halogens is 2. The molecule has 0 unspecified atom stereocenters. The van der Waals surface area contributed by atoms with Gasteiger partial charge in [-0.2, -0.15) is 0 Å². The first-order valence-corrected chi connectivity index (χ1v) is 6.46. The Balaban J connectivity index is 2.31. The number of rotatable bonds is 2. The molecule has 2 rings (SSSR count). The number of aromatic amines is 1. The van der Waals surface area contributed by atoms with Crippen LogP contribution in [0.25, 0.3) is 0 Å². The summed E-state index contributed by atoms with van der Waals surface area (Å²) in [6.07, 6.45) is 2.88. The number of pyridine rings is 2. The molecule has 0 atom stereocenters. The molecule has 0 aliphatic rings. The third-order valence-corrected chi connectivity index (χ3v) is 3.09. The van der Waals surface area contributed by atoms with E-state index >= 15 is 0 Å². The lowest BCUT2D eigenvalue weighted by Gasteiger charge is -2.06. The fourth-order valence-electron chi connectivity index (χ4n) is 1.45. The predicted octanol–water partition coefficient (Wildman–Crippen LogP) is 2.75. The van der Waals surface area contributed by atoms with Crippen LogP contribution in [0.3, 0.4) is 0 Å². The Morgan fingerprint density at radius 3 is 2.89 bits per heavy atom. The Hall–Kier alpha value is -1.66. The minimum absolute atomic E-state index is 0.0154. The molecule has 2 N–H and O–H groups in total. The highest BCUT2D eigenvalue weighted by molar-refractivity contribution is 9.10. The second-order valence-electron chi connectivity index (χ2n) is 3.84. The average molecular weight is 343 g/mol. The van der Waals surface area contributed by atoms with Crippen molar-refractivity contribution in [1.29, 1.82) is 0 Å². The summed E-state index contributed by atoms with van der Waals surface area (Å²) in [7, 11) is 0. The Labute approximate surface area is 122 Å². The summed E-state index contributed by atoms with van der Waals surface area (Å²) in [5.41, 5.74) is 0.680. The fraction of sp³-hybridized carbons (Fsp3) is 0.0833. The van der Waals surface area contributed by atoms with E-state index in [1.54, 1.807) is 13.0 Å². The quantitative estimate of drug-likeness (QED) is 0.824. The number of hydrogen-bond donors (Lipinski definition) is 2. The van der Waals surface area contributed by atoms with Gasteiger partial charge in [0.15, 0.2) is 10.6 Å². The molecule has 0 saturated heterocycles. The van der Waals surface area contributed by atoms with Crippen LogP contribution >= 0.6 is 27.5 Å². The summed E-state index contributed by atoms with van der Waals surface area (Å²) in [6.45, 7) is 1.73. The Bertz CT molecular complexity index is 700. The van der Waals surface area contributed by atoms with E-state index in [0.717, 1.165) is 0 Å². The highest BCUT2D eigenvalue weighted by Crippen LogP contribution is 2.23. The maximum atomic E-state index is 12.0. The number of H-pyrrole nitrogens is 1. The Kier molecular flexibility index (Phi) is 4.01. The van der Waals surface area contributed by atoms with E-state index in [2.05, 4.69) is 31.2 Å². The molecule has 0 fully saturated rings. The van der Waals surface area contributed by atoms with Crippen molar-refractivity contribution in [2.24, 2.45) is 0 Å². The zero-order chi connectivity index (χ0) is 14.0. The molecule has 98 valence electrons. The first kappa shape index (κ1) is 13.8. The average Bonchev–Trinajstić information content (AvgIpc) is 2.33. The number of aryl methyl sites for hydroxylation is 1. The van der Waals surface area contributed by atoms with Gasteiger partial charge in [-0.1, -0.05) is 11.6 Å². The third-order valence-electron chi connectivity index (χ3n) is 2.36. The van der Waals surface area contributed by atoms with Gasteiger partial charge < -0.3 is 10.3 Å². The number of nitrogens with one attached hydrogen (secondary N) is 2. The van der Waals surface area contributed by atoms with Crippen molar-refractivity contribution in [3.8, 4) is 0 Å². The topological polar surface area (TPSA) is 74.8 Å². The molecule has 1 amide bonds. The number of carbonyl (C=O) groups is 1. The molecule has 0 aliphatic heterocycles. The SMILES string of the molecule is Cc1cc(=O)c(C(=O)Nc2cc(Br)cnc2Cl)c[nH]1. The number of hydrogen-bond acceptors (Lipinski definition) is 3. The maximum absolute atomic E-state index is 12.0. The molecule has 0 spiro atoms. The molecule has 7 heteroatoms. The molecule has 0 radical (unpaired) electrons. The van der Waals surface area contributed by atoms with Crippen LogP contribution in [0.5, 0.6) is 0 Å². The number of aromatic nitrogens is 2. The normalized spacial score (nSPS) is 10.3. The lowest BCUT2D eigenvalue weighted by Crippen LogP contribution is -2.21. The Morgan fingerprint density at radius 1 is 1.47 bits per heavy atom. The van der Waals surface area contributed by atoms with Crippen LogP contribution in [0.4, 0.5) is 5.69 Å². The van der Waals surface area contributed by atoms with Gasteiger partial charge in [-0.15, -0.1) is 0 Å². The number of nitrogens with zero attached hydrogens (tertiary/aromatic N) is 1. The standard InChI is InChI=1S/C12H9BrClN3O2/c1-6-2-10(18)8(5-15-6)12(19)17-9-3-7(13)4-16-11(9)14/h2-5H,1H3,(H,15,18)(H,17,19). The van der Waals surface area contributed by atoms with Crippen LogP contribution in [0.2, 0.25) is 5.15 Å². The second-order valence-corrected chi connectivity index (χ2v) is 5.11. The van der Waals surface area contributed by atoms with Gasteiger partial charge in [0.05, 0.1) is 5.69 Å². The maximum Gasteiger partial charge on any atom is 0.261 e. The van der Waals surface area contributed by atoms with Crippen LogP contribution < -0.4 is 10.7 Å². The molecular formula is C12H9BrClN3O2. The first-order valence-electron chi connectivity index (χ1n) is 5.29. The van der Waals surface area contributed by atoms with Gasteiger partial charge in [0.25, 0.3) is 5.91 Å². The van der Waals surface area contributed by atoms with Crippen LogP contribution in [0.1, 0.15) is 16.1 Å². The third kappa shape index (κ3) is 3.21. The highest BCUT2D eigenvalue weighted by atomic mass is 79.9. The molecule has 0 bridgehead atoms. The van der Waals surface area contributed by atoms with E-state index in [1.165, 1.54) is 18.5 Å². The van der Waals surface area contributed by atoms with Crippen molar-refractivity contribution < 1.29 is 4.79 Å². The van der Waals surface area contributed by atoms with Crippen molar-refractivity contribution >= 4 is 39.1 Å². The summed E-state index contributed by atoms with van der Waals surface area (Å²) in [5.74, 6) is -0.539. The lowest BCUT2D eigenvalue weighted by molar-refractivity contribution is 0.102. The predicted molar refractivity (Wildman–Crippen MR) is 76.7 cm³/mol. The highest BCUT2D eigenvalue weighted by Gasteiger charge is 2.13. The largest absolute Gasteiger partial charge is 0.364 e. The summed E-state index contributed by atoms with van der Waals surface area (Å²) in [6, 6.07) is 2.96. The summed E-state index contributed by atoms with van der Waals surface area (Å²) in [4.78, 5) is 30.4. The number of amides is 1. The number of carbonyl (C=O) groups excluding carboxylic acids is 1. The van der Waals surface area contributed by atoms with Crippen molar-refractivity contribution in [2.45, 2.75) is 6.92 Å². The first-order chi connectivity index (χ1) is 8.97. The van der Waals surface area contributed by atoms with Crippen molar-refractivity contribution in [2.75, 3.05) is 5.32 Å². The monoisotopic (exact) mass is 341 g/mol. The van der Waals surface area contributed by atoms with Crippen molar-refractivity contribution in [3.05, 3.63) is 55.6 Å². The van der Waals surface area contributed by atoms with Crippen LogP contribution in [-0.4, -0.2) is 15.9 Å². The van der Waals surface area contributed by atoms with Crippen LogP contribution in [-0.2, 0) is 0 Å². The van der Waals surface area contributed by atoms with Crippen LogP contribution in [0, 0.1) is 6.92 Å². The van der Waals surface area contributed by atoms with E-state index in [1.807, 2.05) is 0 Å². The summed E-state index contributed by atoms with van der Waals surface area (Å²) >= 11 is 9.09. The smallest absolute Gasteiger partial charge is 0.261 e. The molecule has 0 saturated carbocycles. The van der Waals surface area contributed by atoms with Gasteiger partial charge in [-0.05, 0) is 28.9 Å². The molecule has 0 aliphatic carbocycles. The second kappa shape index (κ2) is 5.54. The van der Waals surface area contributed by atoms with Crippen LogP contribution in [0.15, 0.2) is 33.8 Å². The van der Waals surface area contributed by atoms with E-state index in [0.29, 0.717) is 15.9 Å². The molecule has 19 heavy (non-hydrogen) atoms. The molecule has 2 heterocycles. The Morgan fingerprint density at radius 2 is 2.21 bits per heavy atom. The van der Waals surface area contributed by atoms with Gasteiger partial charge in [-0.25, -0.2) is 4.98 Å². The molecule has 2 aromatic rings. The zero-order valence-corrected chi connectivity index (χ0v) is 12.2. The summed E-state index contributed by atoms with van der Waals surface area (Å²) in [5, 5.41) is 2.70. The van der Waals surface area contributed by atoms with Gasteiger partial charge in [0.2, 0.25) is 0 Å². The minimum Gasteiger partial charge on any atom is -0.364 e. The van der Waals surface area contributed by atoms with Crippen molar-refractivity contribution in [1.82, 2.24) is 9.97 Å². The zero-order valence-electron chi connectivity index (χ0n) is 9.83. The van der Waals surface area contributed by atoms with E-state index in [4.69, 9.17) is 11.6 Å². The van der Waals surface area contributed by atoms with Crippen molar-refractivity contribution in [3.63, 3.8) is 0 Å². The molecular weight excluding hydrogens is 334 g/mol. The van der Waals surface area contributed by atoms with Gasteiger partial charge >= 0.3 is 0 Å². The van der Waals surface area contributed by atoms with Gasteiger partial charge in [0, 0.05) is 28.6 Å². The molecule has 2 aromatic heterocycles. The van der Waals surface area contributed by atoms with E-state index in [-0.39, 0.29) is 16.1 Å².